The predicted octanol–water partition coefficient (Wildman–Crippen LogP) is 3.39. The van der Waals surface area contributed by atoms with Gasteiger partial charge in [0, 0.05) is 11.4 Å². The minimum atomic E-state index is -0.340. The number of benzene rings is 1. The summed E-state index contributed by atoms with van der Waals surface area (Å²) in [6, 6.07) is 9.96. The van der Waals surface area contributed by atoms with Crippen molar-refractivity contribution in [1.82, 2.24) is 5.16 Å². The molecule has 0 saturated heterocycles. The largest absolute Gasteiger partial charge is 0.459 e. The van der Waals surface area contributed by atoms with Gasteiger partial charge in [-0.3, -0.25) is 9.59 Å². The van der Waals surface area contributed by atoms with Crippen molar-refractivity contribution in [2.75, 3.05) is 10.6 Å². The van der Waals surface area contributed by atoms with E-state index in [1.807, 2.05) is 0 Å². The average Bonchev–Trinajstić information content (AvgIpc) is 3.19. The molecule has 0 spiro atoms. The molecule has 0 unspecified atom stereocenters. The maximum absolute atomic E-state index is 12.2. The van der Waals surface area contributed by atoms with Gasteiger partial charge >= 0.3 is 0 Å². The van der Waals surface area contributed by atoms with Crippen LogP contribution in [-0.4, -0.2) is 17.0 Å². The lowest BCUT2D eigenvalue weighted by Gasteiger charge is -2.07. The smallest absolute Gasteiger partial charge is 0.291 e. The van der Waals surface area contributed by atoms with Crippen LogP contribution in [0.1, 0.15) is 32.4 Å². The van der Waals surface area contributed by atoms with Crippen LogP contribution in [0.5, 0.6) is 0 Å². The number of aromatic nitrogens is 1. The molecule has 7 nitrogen and oxygen atoms in total. The number of hydrogen-bond donors (Lipinski definition) is 2. The molecule has 0 aliphatic carbocycles. The molecule has 0 aliphatic heterocycles. The molecule has 7 heteroatoms. The molecule has 24 heavy (non-hydrogen) atoms. The summed E-state index contributed by atoms with van der Waals surface area (Å²) in [6.07, 6.45) is 1.43. The van der Waals surface area contributed by atoms with E-state index in [2.05, 4.69) is 15.8 Å². The summed E-state index contributed by atoms with van der Waals surface area (Å²) in [6.45, 7) is 3.39. The predicted molar refractivity (Wildman–Crippen MR) is 87.0 cm³/mol. The van der Waals surface area contributed by atoms with Crippen LogP contribution in [0.3, 0.4) is 0 Å². The lowest BCUT2D eigenvalue weighted by Crippen LogP contribution is -2.14. The van der Waals surface area contributed by atoms with E-state index in [-0.39, 0.29) is 17.6 Å². The number of nitrogens with one attached hydrogen (secondary N) is 2. The van der Waals surface area contributed by atoms with E-state index in [1.54, 1.807) is 50.2 Å². The number of furan rings is 1. The summed E-state index contributed by atoms with van der Waals surface area (Å²) in [5, 5.41) is 9.22. The minimum absolute atomic E-state index is 0.228. The first-order valence-electron chi connectivity index (χ1n) is 7.24. The topological polar surface area (TPSA) is 97.4 Å². The summed E-state index contributed by atoms with van der Waals surface area (Å²) in [4.78, 5) is 24.1. The highest BCUT2D eigenvalue weighted by atomic mass is 16.5. The molecule has 2 amide bonds. The Hall–Kier alpha value is -3.35. The first-order chi connectivity index (χ1) is 11.5. The van der Waals surface area contributed by atoms with E-state index < -0.39 is 0 Å². The van der Waals surface area contributed by atoms with Crippen molar-refractivity contribution in [3.05, 3.63) is 65.4 Å². The second-order valence-corrected chi connectivity index (χ2v) is 5.16. The van der Waals surface area contributed by atoms with Crippen molar-refractivity contribution < 1.29 is 18.5 Å². The van der Waals surface area contributed by atoms with E-state index in [4.69, 9.17) is 8.94 Å². The van der Waals surface area contributed by atoms with Gasteiger partial charge in [-0.15, -0.1) is 0 Å². The van der Waals surface area contributed by atoms with Crippen molar-refractivity contribution in [1.29, 1.82) is 0 Å². The molecule has 1 aromatic carbocycles. The van der Waals surface area contributed by atoms with Crippen LogP contribution >= 0.6 is 0 Å². The lowest BCUT2D eigenvalue weighted by atomic mass is 10.2. The Morgan fingerprint density at radius 3 is 2.08 bits per heavy atom. The van der Waals surface area contributed by atoms with E-state index >= 15 is 0 Å². The molecule has 0 bridgehead atoms. The first kappa shape index (κ1) is 15.5. The molecule has 0 aliphatic rings. The molecule has 0 fully saturated rings. The summed E-state index contributed by atoms with van der Waals surface area (Å²) < 4.78 is 10.0. The molecule has 0 saturated carbocycles. The van der Waals surface area contributed by atoms with Crippen LogP contribution < -0.4 is 10.6 Å². The standard InChI is InChI=1S/C17H15N3O4/c1-10-15(11(2)24-20-10)17(22)19-13-7-5-12(6-8-13)18-16(21)14-4-3-9-23-14/h3-9H,1-2H3,(H,18,21)(H,19,22). The second kappa shape index (κ2) is 6.41. The number of hydrogen-bond acceptors (Lipinski definition) is 5. The van der Waals surface area contributed by atoms with Gasteiger partial charge in [0.25, 0.3) is 11.8 Å². The summed E-state index contributed by atoms with van der Waals surface area (Å²) in [5.74, 6) is 0.0595. The number of carbonyl (C=O) groups excluding carboxylic acids is 2. The van der Waals surface area contributed by atoms with Crippen molar-refractivity contribution in [3.8, 4) is 0 Å². The zero-order valence-corrected chi connectivity index (χ0v) is 13.1. The highest BCUT2D eigenvalue weighted by Gasteiger charge is 2.17. The Morgan fingerprint density at radius 1 is 0.958 bits per heavy atom. The number of anilines is 2. The summed E-state index contributed by atoms with van der Waals surface area (Å²) in [5.41, 5.74) is 2.14. The normalized spacial score (nSPS) is 10.4. The third-order valence-corrected chi connectivity index (χ3v) is 3.41. The molecule has 0 radical (unpaired) electrons. The van der Waals surface area contributed by atoms with Gasteiger partial charge < -0.3 is 19.6 Å². The van der Waals surface area contributed by atoms with Crippen LogP contribution in [0.4, 0.5) is 11.4 Å². The highest BCUT2D eigenvalue weighted by molar-refractivity contribution is 6.06. The van der Waals surface area contributed by atoms with E-state index in [9.17, 15) is 9.59 Å². The van der Waals surface area contributed by atoms with Gasteiger partial charge in [-0.2, -0.15) is 0 Å². The number of nitrogens with zero attached hydrogens (tertiary/aromatic N) is 1. The fourth-order valence-corrected chi connectivity index (χ4v) is 2.24. The maximum atomic E-state index is 12.2. The Bertz CT molecular complexity index is 844. The van der Waals surface area contributed by atoms with Crippen LogP contribution in [-0.2, 0) is 0 Å². The van der Waals surface area contributed by atoms with Gasteiger partial charge in [0.1, 0.15) is 11.3 Å². The van der Waals surface area contributed by atoms with Gasteiger partial charge in [0.15, 0.2) is 5.76 Å². The SMILES string of the molecule is Cc1noc(C)c1C(=O)Nc1ccc(NC(=O)c2ccco2)cc1. The van der Waals surface area contributed by atoms with Gasteiger partial charge in [-0.05, 0) is 50.2 Å². The van der Waals surface area contributed by atoms with Crippen molar-refractivity contribution in [3.63, 3.8) is 0 Å². The number of aryl methyl sites for hydroxylation is 2. The Balaban J connectivity index is 1.66. The van der Waals surface area contributed by atoms with Gasteiger partial charge in [0.2, 0.25) is 0 Å². The third kappa shape index (κ3) is 3.19. The van der Waals surface area contributed by atoms with Crippen LogP contribution in [0, 0.1) is 13.8 Å². The maximum Gasteiger partial charge on any atom is 0.291 e. The van der Waals surface area contributed by atoms with Gasteiger partial charge in [-0.1, -0.05) is 5.16 Å². The van der Waals surface area contributed by atoms with Crippen LogP contribution in [0.2, 0.25) is 0 Å². The quantitative estimate of drug-likeness (QED) is 0.766. The summed E-state index contributed by atoms with van der Waals surface area (Å²) >= 11 is 0. The number of carbonyl (C=O) groups is 2. The molecular formula is C17H15N3O4. The van der Waals surface area contributed by atoms with Gasteiger partial charge in [-0.25, -0.2) is 0 Å². The minimum Gasteiger partial charge on any atom is -0.459 e. The fraction of sp³-hybridized carbons (Fsp3) is 0.118. The van der Waals surface area contributed by atoms with Crippen molar-refractivity contribution in [2.45, 2.75) is 13.8 Å². The molecule has 2 heterocycles. The zero-order valence-electron chi connectivity index (χ0n) is 13.1. The second-order valence-electron chi connectivity index (χ2n) is 5.16. The monoisotopic (exact) mass is 325 g/mol. The van der Waals surface area contributed by atoms with E-state index in [0.717, 1.165) is 0 Å². The number of amides is 2. The zero-order chi connectivity index (χ0) is 17.1. The molecule has 3 aromatic rings. The molecule has 2 aromatic heterocycles. The van der Waals surface area contributed by atoms with Gasteiger partial charge in [0.05, 0.1) is 12.0 Å². The van der Waals surface area contributed by atoms with Crippen molar-refractivity contribution >= 4 is 23.2 Å². The third-order valence-electron chi connectivity index (χ3n) is 3.41. The van der Waals surface area contributed by atoms with E-state index in [0.29, 0.717) is 28.4 Å². The average molecular weight is 325 g/mol. The summed E-state index contributed by atoms with van der Waals surface area (Å²) in [7, 11) is 0. The highest BCUT2D eigenvalue weighted by Crippen LogP contribution is 2.18. The Kier molecular flexibility index (Phi) is 4.15. The van der Waals surface area contributed by atoms with Crippen molar-refractivity contribution in [2.24, 2.45) is 0 Å². The lowest BCUT2D eigenvalue weighted by molar-refractivity contribution is 0.0994. The Labute approximate surface area is 137 Å². The Morgan fingerprint density at radius 2 is 1.58 bits per heavy atom. The number of rotatable bonds is 4. The molecule has 122 valence electrons. The fourth-order valence-electron chi connectivity index (χ4n) is 2.24. The molecule has 3 rings (SSSR count). The van der Waals surface area contributed by atoms with Crippen LogP contribution in [0.25, 0.3) is 0 Å². The van der Waals surface area contributed by atoms with E-state index in [1.165, 1.54) is 6.26 Å². The van der Waals surface area contributed by atoms with Crippen LogP contribution in [0.15, 0.2) is 51.6 Å². The molecular weight excluding hydrogens is 310 g/mol. The molecule has 0 atom stereocenters. The first-order valence-corrected chi connectivity index (χ1v) is 7.24. The molecule has 2 N–H and O–H groups in total.